The van der Waals surface area contributed by atoms with Crippen LogP contribution in [0.4, 0.5) is 14.5 Å². The van der Waals surface area contributed by atoms with Gasteiger partial charge in [-0.1, -0.05) is 62.7 Å². The first-order chi connectivity index (χ1) is 18.7. The molecule has 5 rings (SSSR count). The minimum Gasteiger partial charge on any atom is -0.491 e. The molecule has 0 bridgehead atoms. The molecule has 2 aliphatic rings. The average Bonchev–Trinajstić information content (AvgIpc) is 3.16. The number of aliphatic hydroxyl groups is 1. The van der Waals surface area contributed by atoms with Gasteiger partial charge in [-0.3, -0.25) is 0 Å². The Kier molecular flexibility index (Phi) is 7.59. The molecule has 39 heavy (non-hydrogen) atoms. The fourth-order valence-corrected chi connectivity index (χ4v) is 6.62. The zero-order valence-corrected chi connectivity index (χ0v) is 23.2. The van der Waals surface area contributed by atoms with Crippen LogP contribution < -0.4 is 9.64 Å². The van der Waals surface area contributed by atoms with Crippen molar-refractivity contribution < 1.29 is 18.6 Å². The van der Waals surface area contributed by atoms with E-state index in [0.717, 1.165) is 25.7 Å². The van der Waals surface area contributed by atoms with Gasteiger partial charge in [-0.15, -0.1) is 0 Å². The van der Waals surface area contributed by atoms with Crippen LogP contribution in [0.3, 0.4) is 0 Å². The van der Waals surface area contributed by atoms with Gasteiger partial charge in [0.1, 0.15) is 5.82 Å². The van der Waals surface area contributed by atoms with Crippen LogP contribution in [0.15, 0.2) is 48.5 Å². The molecule has 1 aliphatic carbocycles. The quantitative estimate of drug-likeness (QED) is 0.335. The summed E-state index contributed by atoms with van der Waals surface area (Å²) in [5, 5.41) is 22.3. The summed E-state index contributed by atoms with van der Waals surface area (Å²) in [5.41, 5.74) is 0.148. The van der Waals surface area contributed by atoms with E-state index in [0.29, 0.717) is 29.2 Å². The number of nitriles is 1. The van der Waals surface area contributed by atoms with Crippen molar-refractivity contribution in [3.63, 3.8) is 0 Å². The van der Waals surface area contributed by atoms with Crippen LogP contribution in [-0.4, -0.2) is 17.8 Å². The number of halogens is 3. The molecule has 1 fully saturated rings. The van der Waals surface area contributed by atoms with Crippen molar-refractivity contribution in [1.29, 1.82) is 5.26 Å². The Labute approximate surface area is 233 Å². The number of fused-ring (bicyclic) bond motifs is 1. The van der Waals surface area contributed by atoms with Crippen molar-refractivity contribution in [2.45, 2.75) is 70.6 Å². The summed E-state index contributed by atoms with van der Waals surface area (Å²) in [6, 6.07) is 15.6. The van der Waals surface area contributed by atoms with Crippen molar-refractivity contribution in [3.05, 3.63) is 81.9 Å². The van der Waals surface area contributed by atoms with Gasteiger partial charge < -0.3 is 14.7 Å². The molecule has 0 aromatic heterocycles. The number of hydrogen-bond acceptors (Lipinski definition) is 4. The number of anilines is 1. The maximum absolute atomic E-state index is 16.1. The van der Waals surface area contributed by atoms with E-state index < -0.39 is 23.3 Å². The fraction of sp³-hybridized carbons (Fsp3) is 0.406. The molecule has 1 aliphatic heterocycles. The molecule has 3 aromatic carbocycles. The molecule has 2 atom stereocenters. The van der Waals surface area contributed by atoms with E-state index in [1.54, 1.807) is 0 Å². The van der Waals surface area contributed by atoms with E-state index >= 15 is 8.78 Å². The molecular formula is C32H33ClF2N2O2. The van der Waals surface area contributed by atoms with E-state index in [-0.39, 0.29) is 40.1 Å². The molecule has 0 amide bonds. The first-order valence-electron chi connectivity index (χ1n) is 13.7. The molecule has 4 nitrogen and oxygen atoms in total. The van der Waals surface area contributed by atoms with Crippen molar-refractivity contribution in [2.24, 2.45) is 5.92 Å². The molecule has 3 aromatic rings. The Balaban J connectivity index is 1.81. The fourth-order valence-electron chi connectivity index (χ4n) is 6.37. The summed E-state index contributed by atoms with van der Waals surface area (Å²) >= 11 is 6.63. The van der Waals surface area contributed by atoms with Crippen LogP contribution in [0.1, 0.15) is 75.5 Å². The first kappa shape index (κ1) is 27.4. The predicted octanol–water partition coefficient (Wildman–Crippen LogP) is 8.29. The van der Waals surface area contributed by atoms with Crippen molar-refractivity contribution in [2.75, 3.05) is 11.5 Å². The van der Waals surface area contributed by atoms with Gasteiger partial charge in [0.2, 0.25) is 0 Å². The lowest BCUT2D eigenvalue weighted by Crippen LogP contribution is -2.52. The molecule has 7 heteroatoms. The lowest BCUT2D eigenvalue weighted by molar-refractivity contribution is 0.00741. The van der Waals surface area contributed by atoms with Gasteiger partial charge in [-0.25, -0.2) is 8.78 Å². The zero-order valence-electron chi connectivity index (χ0n) is 22.5. The Morgan fingerprint density at radius 1 is 1.08 bits per heavy atom. The maximum atomic E-state index is 16.1. The summed E-state index contributed by atoms with van der Waals surface area (Å²) in [4.78, 5) is 1.93. The second-order valence-electron chi connectivity index (χ2n) is 10.8. The van der Waals surface area contributed by atoms with Gasteiger partial charge in [0.05, 0.1) is 23.3 Å². The Morgan fingerprint density at radius 3 is 2.41 bits per heavy atom. The number of rotatable bonds is 6. The summed E-state index contributed by atoms with van der Waals surface area (Å²) in [6.07, 6.45) is 4.31. The molecule has 1 heterocycles. The summed E-state index contributed by atoms with van der Waals surface area (Å²) in [5.74, 6) is -1.57. The molecule has 1 saturated carbocycles. The highest BCUT2D eigenvalue weighted by Gasteiger charge is 2.54. The van der Waals surface area contributed by atoms with Crippen molar-refractivity contribution in [3.8, 4) is 22.9 Å². The maximum Gasteiger partial charge on any atom is 0.174 e. The van der Waals surface area contributed by atoms with E-state index in [4.69, 9.17) is 16.3 Å². The largest absolute Gasteiger partial charge is 0.491 e. The first-order valence-corrected chi connectivity index (χ1v) is 14.1. The highest BCUT2D eigenvalue weighted by molar-refractivity contribution is 6.34. The van der Waals surface area contributed by atoms with Crippen LogP contribution in [-0.2, 0) is 5.72 Å². The highest BCUT2D eigenvalue weighted by Crippen LogP contribution is 2.59. The van der Waals surface area contributed by atoms with Crippen LogP contribution >= 0.6 is 11.6 Å². The van der Waals surface area contributed by atoms with Gasteiger partial charge >= 0.3 is 0 Å². The van der Waals surface area contributed by atoms with Crippen molar-refractivity contribution >= 4 is 17.3 Å². The van der Waals surface area contributed by atoms with Crippen LogP contribution in [0, 0.1) is 28.9 Å². The number of hydrogen-bond donors (Lipinski definition) is 1. The smallest absolute Gasteiger partial charge is 0.174 e. The van der Waals surface area contributed by atoms with Gasteiger partial charge in [0, 0.05) is 34.3 Å². The zero-order chi connectivity index (χ0) is 27.9. The van der Waals surface area contributed by atoms with Crippen LogP contribution in [0.5, 0.6) is 5.75 Å². The number of benzene rings is 3. The normalized spacial score (nSPS) is 24.4. The third kappa shape index (κ3) is 4.46. The lowest BCUT2D eigenvalue weighted by Gasteiger charge is -2.45. The molecule has 0 spiro atoms. The standard InChI is InChI=1S/C32H33ClF2N2O2/c1-4-16-39-26-15-12-21(18-36)28(31(26)35)29-27-20(3)32(38,22-8-6-5-7-9-22)37(23-13-10-19(2)11-14-23)25(27)17-24(34)30(29)33/h5-9,12,15,17,19-20,23,38H,4,10-11,13-14,16H2,1-3H3/t19?,20-,23?,32-/m0/s1. The predicted molar refractivity (Wildman–Crippen MR) is 150 cm³/mol. The number of ether oxygens (including phenoxy) is 1. The van der Waals surface area contributed by atoms with Crippen molar-refractivity contribution in [1.82, 2.24) is 0 Å². The van der Waals surface area contributed by atoms with E-state index in [2.05, 4.69) is 13.0 Å². The molecule has 0 unspecified atom stereocenters. The molecule has 204 valence electrons. The monoisotopic (exact) mass is 550 g/mol. The van der Waals surface area contributed by atoms with Gasteiger partial charge in [-0.05, 0) is 61.8 Å². The van der Waals surface area contributed by atoms with E-state index in [1.165, 1.54) is 18.2 Å². The molecule has 0 radical (unpaired) electrons. The van der Waals surface area contributed by atoms with Crippen LogP contribution in [0.25, 0.3) is 11.1 Å². The topological polar surface area (TPSA) is 56.5 Å². The lowest BCUT2D eigenvalue weighted by atomic mass is 9.82. The Bertz CT molecular complexity index is 1420. The second kappa shape index (κ2) is 10.8. The van der Waals surface area contributed by atoms with Gasteiger partial charge in [0.15, 0.2) is 17.3 Å². The Hall–Kier alpha value is -3.14. The molecular weight excluding hydrogens is 518 g/mol. The van der Waals surface area contributed by atoms with E-state index in [1.807, 2.05) is 49.1 Å². The summed E-state index contributed by atoms with van der Waals surface area (Å²) in [6.45, 7) is 6.27. The number of nitrogens with zero attached hydrogens (tertiary/aromatic N) is 2. The highest BCUT2D eigenvalue weighted by atomic mass is 35.5. The second-order valence-corrected chi connectivity index (χ2v) is 11.2. The summed E-state index contributed by atoms with van der Waals surface area (Å²) < 4.78 is 37.4. The molecule has 0 saturated heterocycles. The Morgan fingerprint density at radius 2 is 1.77 bits per heavy atom. The minimum absolute atomic E-state index is 0.0199. The third-order valence-electron chi connectivity index (χ3n) is 8.39. The van der Waals surface area contributed by atoms with Gasteiger partial charge in [-0.2, -0.15) is 5.26 Å². The summed E-state index contributed by atoms with van der Waals surface area (Å²) in [7, 11) is 0. The van der Waals surface area contributed by atoms with E-state index in [9.17, 15) is 10.4 Å². The van der Waals surface area contributed by atoms with Gasteiger partial charge in [0.25, 0.3) is 0 Å². The molecule has 1 N–H and O–H groups in total. The average molecular weight is 551 g/mol. The SMILES string of the molecule is CCCOc1ccc(C#N)c(-c2c(Cl)c(F)cc3c2[C@H](C)[C@](O)(c2ccccc2)N3C2CCC(C)CC2)c1F. The third-order valence-corrected chi connectivity index (χ3v) is 8.76. The van der Waals surface area contributed by atoms with Crippen LogP contribution in [0.2, 0.25) is 5.02 Å². The minimum atomic E-state index is -1.53.